The second-order valence-corrected chi connectivity index (χ2v) is 1.50. The Morgan fingerprint density at radius 3 is 3.71 bits per heavy atom. The standard InChI is InChI=1S/C5H8N2/c1-2-4-6-7-5-3-1/h2,7H,1,3,5H2. The van der Waals surface area contributed by atoms with Crippen molar-refractivity contribution in [2.45, 2.75) is 12.8 Å². The van der Waals surface area contributed by atoms with E-state index >= 15 is 0 Å². The molecular weight excluding hydrogens is 88.1 g/mol. The molecule has 0 radical (unpaired) electrons. The molecule has 0 aliphatic carbocycles. The highest BCUT2D eigenvalue weighted by atomic mass is 15.3. The summed E-state index contributed by atoms with van der Waals surface area (Å²) in [7, 11) is 0. The molecule has 1 heterocycles. The summed E-state index contributed by atoms with van der Waals surface area (Å²) >= 11 is 0. The Labute approximate surface area is 42.9 Å². The monoisotopic (exact) mass is 96.1 g/mol. The van der Waals surface area contributed by atoms with Gasteiger partial charge in [0.05, 0.1) is 0 Å². The Balaban J connectivity index is 2.40. The topological polar surface area (TPSA) is 24.4 Å². The first kappa shape index (κ1) is 4.41. The van der Waals surface area contributed by atoms with Gasteiger partial charge in [0, 0.05) is 12.4 Å². The van der Waals surface area contributed by atoms with Crippen LogP contribution in [0.25, 0.3) is 0 Å². The third kappa shape index (κ3) is 1.42. The second-order valence-electron chi connectivity index (χ2n) is 1.50. The lowest BCUT2D eigenvalue weighted by Gasteiger charge is -1.88. The Morgan fingerprint density at radius 1 is 1.71 bits per heavy atom. The van der Waals surface area contributed by atoms with E-state index in [1.807, 2.05) is 6.08 Å². The molecule has 1 rings (SSSR count). The van der Waals surface area contributed by atoms with Crippen molar-refractivity contribution in [2.24, 2.45) is 5.10 Å². The van der Waals surface area contributed by atoms with Gasteiger partial charge in [-0.2, -0.15) is 0 Å². The van der Waals surface area contributed by atoms with Crippen LogP contribution in [0.2, 0.25) is 0 Å². The molecule has 0 atom stereocenters. The molecule has 0 amide bonds. The molecule has 1 N–H and O–H groups in total. The van der Waals surface area contributed by atoms with Gasteiger partial charge >= 0.3 is 0 Å². The molecule has 1 aliphatic rings. The van der Waals surface area contributed by atoms with Crippen molar-refractivity contribution in [3.05, 3.63) is 6.08 Å². The van der Waals surface area contributed by atoms with E-state index in [0.717, 1.165) is 13.0 Å². The van der Waals surface area contributed by atoms with E-state index in [4.69, 9.17) is 0 Å². The summed E-state index contributed by atoms with van der Waals surface area (Å²) in [6.07, 6.45) is 4.23. The lowest BCUT2D eigenvalue weighted by atomic mass is 10.3. The van der Waals surface area contributed by atoms with E-state index in [1.165, 1.54) is 6.42 Å². The fourth-order valence-corrected chi connectivity index (χ4v) is 0.495. The highest BCUT2D eigenvalue weighted by Crippen LogP contribution is 1.87. The maximum Gasteiger partial charge on any atom is 0.0340 e. The molecule has 7 heavy (non-hydrogen) atoms. The number of nitrogens with one attached hydrogen (secondary N) is 1. The van der Waals surface area contributed by atoms with Crippen molar-refractivity contribution in [1.82, 2.24) is 5.43 Å². The molecule has 0 saturated carbocycles. The largest absolute Gasteiger partial charge is 0.302 e. The molecule has 2 nitrogen and oxygen atoms in total. The van der Waals surface area contributed by atoms with E-state index in [9.17, 15) is 0 Å². The summed E-state index contributed by atoms with van der Waals surface area (Å²) in [4.78, 5) is 0. The van der Waals surface area contributed by atoms with Crippen molar-refractivity contribution >= 4 is 5.87 Å². The average Bonchev–Trinajstić information content (AvgIpc) is 1.90. The van der Waals surface area contributed by atoms with Crippen molar-refractivity contribution in [3.8, 4) is 0 Å². The SMILES string of the molecule is C1=CCCCNN=1. The molecular formula is C5H8N2. The molecule has 0 saturated heterocycles. The summed E-state index contributed by atoms with van der Waals surface area (Å²) in [6.45, 7) is 0.990. The molecule has 0 bridgehead atoms. The van der Waals surface area contributed by atoms with Gasteiger partial charge in [-0.15, -0.1) is 5.10 Å². The smallest absolute Gasteiger partial charge is 0.0340 e. The van der Waals surface area contributed by atoms with Gasteiger partial charge in [0.2, 0.25) is 0 Å². The second kappa shape index (κ2) is 2.43. The molecule has 1 aliphatic heterocycles. The highest BCUT2D eigenvalue weighted by Gasteiger charge is 1.82. The van der Waals surface area contributed by atoms with Crippen LogP contribution < -0.4 is 5.43 Å². The molecule has 0 aromatic rings. The van der Waals surface area contributed by atoms with Crippen molar-refractivity contribution in [3.63, 3.8) is 0 Å². The molecule has 0 aromatic carbocycles. The van der Waals surface area contributed by atoms with Crippen LogP contribution in [0, 0.1) is 0 Å². The fraction of sp³-hybridized carbons (Fsp3) is 0.600. The number of hydrazone groups is 1. The van der Waals surface area contributed by atoms with E-state index in [-0.39, 0.29) is 0 Å². The van der Waals surface area contributed by atoms with E-state index in [1.54, 1.807) is 0 Å². The van der Waals surface area contributed by atoms with Crippen molar-refractivity contribution in [2.75, 3.05) is 6.54 Å². The first-order chi connectivity index (χ1) is 3.50. The maximum atomic E-state index is 3.72. The number of hydrogen-bond donors (Lipinski definition) is 1. The lowest BCUT2D eigenvalue weighted by molar-refractivity contribution is 0.703. The van der Waals surface area contributed by atoms with Crippen LogP contribution >= 0.6 is 0 Å². The van der Waals surface area contributed by atoms with Gasteiger partial charge in [-0.1, -0.05) is 0 Å². The zero-order chi connectivity index (χ0) is 4.95. The Hall–Kier alpha value is -0.750. The zero-order valence-corrected chi connectivity index (χ0v) is 4.15. The average molecular weight is 96.1 g/mol. The minimum Gasteiger partial charge on any atom is -0.302 e. The predicted octanol–water partition coefficient (Wildman–Crippen LogP) is 0.511. The normalized spacial score (nSPS) is 18.3. The molecule has 0 unspecified atom stereocenters. The maximum absolute atomic E-state index is 3.72. The van der Waals surface area contributed by atoms with Gasteiger partial charge in [0.25, 0.3) is 0 Å². The van der Waals surface area contributed by atoms with Gasteiger partial charge in [-0.3, -0.25) is 0 Å². The van der Waals surface area contributed by atoms with Crippen LogP contribution in [0.15, 0.2) is 11.2 Å². The molecule has 2 heteroatoms. The summed E-state index contributed by atoms with van der Waals surface area (Å²) in [6, 6.07) is 0. The number of hydrogen-bond acceptors (Lipinski definition) is 2. The van der Waals surface area contributed by atoms with Gasteiger partial charge < -0.3 is 5.43 Å². The number of allylic oxidation sites excluding steroid dienone is 1. The van der Waals surface area contributed by atoms with E-state index in [0.29, 0.717) is 0 Å². The third-order valence-electron chi connectivity index (χ3n) is 0.872. The van der Waals surface area contributed by atoms with Crippen LogP contribution in [0.5, 0.6) is 0 Å². The minimum absolute atomic E-state index is 0.990. The van der Waals surface area contributed by atoms with Crippen LogP contribution in [0.4, 0.5) is 0 Å². The number of rotatable bonds is 0. The summed E-state index contributed by atoms with van der Waals surface area (Å²) in [5.41, 5.74) is 2.83. The fourth-order valence-electron chi connectivity index (χ4n) is 0.495. The van der Waals surface area contributed by atoms with Crippen LogP contribution in [-0.4, -0.2) is 12.4 Å². The van der Waals surface area contributed by atoms with Crippen LogP contribution in [0.3, 0.4) is 0 Å². The Kier molecular flexibility index (Phi) is 1.53. The molecule has 0 spiro atoms. The molecule has 0 aromatic heterocycles. The summed E-state index contributed by atoms with van der Waals surface area (Å²) in [5, 5.41) is 3.72. The predicted molar refractivity (Wildman–Crippen MR) is 29.2 cm³/mol. The summed E-state index contributed by atoms with van der Waals surface area (Å²) in [5.74, 6) is 2.74. The molecule has 38 valence electrons. The number of nitrogens with zero attached hydrogens (tertiary/aromatic N) is 1. The Morgan fingerprint density at radius 2 is 2.71 bits per heavy atom. The highest BCUT2D eigenvalue weighted by molar-refractivity contribution is 5.51. The van der Waals surface area contributed by atoms with Crippen LogP contribution in [0.1, 0.15) is 12.8 Å². The van der Waals surface area contributed by atoms with Gasteiger partial charge in [-0.25, -0.2) is 0 Å². The summed E-state index contributed by atoms with van der Waals surface area (Å²) < 4.78 is 0. The zero-order valence-electron chi connectivity index (χ0n) is 4.15. The van der Waals surface area contributed by atoms with Gasteiger partial charge in [-0.05, 0) is 18.9 Å². The van der Waals surface area contributed by atoms with E-state index < -0.39 is 0 Å². The minimum atomic E-state index is 0.990. The van der Waals surface area contributed by atoms with Crippen molar-refractivity contribution in [1.29, 1.82) is 0 Å². The van der Waals surface area contributed by atoms with Crippen LogP contribution in [-0.2, 0) is 0 Å². The van der Waals surface area contributed by atoms with Gasteiger partial charge in [0.15, 0.2) is 0 Å². The van der Waals surface area contributed by atoms with Gasteiger partial charge in [0.1, 0.15) is 0 Å². The quantitative estimate of drug-likeness (QED) is 0.467. The van der Waals surface area contributed by atoms with E-state index in [2.05, 4.69) is 16.4 Å². The van der Waals surface area contributed by atoms with Crippen molar-refractivity contribution < 1.29 is 0 Å². The lowest BCUT2D eigenvalue weighted by Crippen LogP contribution is -2.03. The first-order valence-electron chi connectivity index (χ1n) is 2.50. The third-order valence-corrected chi connectivity index (χ3v) is 0.872. The first-order valence-corrected chi connectivity index (χ1v) is 2.50. The molecule has 0 fully saturated rings. The Bertz CT molecular complexity index is 90.6.